The molecule has 1 aromatic rings. The molecule has 0 aliphatic carbocycles. The number of aryl methyl sites for hydroxylation is 1. The maximum atomic E-state index is 11.8. The lowest BCUT2D eigenvalue weighted by atomic mass is 10.3. The van der Waals surface area contributed by atoms with Crippen LogP contribution < -0.4 is 10.9 Å². The van der Waals surface area contributed by atoms with Crippen molar-refractivity contribution < 1.29 is 14.3 Å². The molecular weight excluding hydrogens is 266 g/mol. The smallest absolute Gasteiger partial charge is 0.336 e. The molecular formula is C12H17N3O3S. The number of nitrogens with one attached hydrogen (secondary N) is 2. The third kappa shape index (κ3) is 3.68. The maximum absolute atomic E-state index is 11.8. The molecule has 1 atom stereocenters. The quantitative estimate of drug-likeness (QED) is 0.759. The van der Waals surface area contributed by atoms with Crippen LogP contribution in [0.1, 0.15) is 21.5 Å². The van der Waals surface area contributed by atoms with Crippen LogP contribution in [0.25, 0.3) is 0 Å². The fourth-order valence-corrected chi connectivity index (χ4v) is 2.57. The van der Waals surface area contributed by atoms with Gasteiger partial charge in [-0.1, -0.05) is 0 Å². The first-order chi connectivity index (χ1) is 9.06. The number of rotatable bonds is 1. The number of hydrogen-bond donors (Lipinski definition) is 2. The summed E-state index contributed by atoms with van der Waals surface area (Å²) in [6.07, 6.45) is 0.0233. The Morgan fingerprint density at radius 1 is 1.42 bits per heavy atom. The lowest BCUT2D eigenvalue weighted by molar-refractivity contribution is -0.00390. The van der Waals surface area contributed by atoms with E-state index in [1.165, 1.54) is 11.3 Å². The van der Waals surface area contributed by atoms with Crippen molar-refractivity contribution in [3.63, 3.8) is 0 Å². The number of carbonyl (C=O) groups excluding carboxylic acids is 2. The van der Waals surface area contributed by atoms with Crippen LogP contribution in [0.4, 0.5) is 4.79 Å². The van der Waals surface area contributed by atoms with Gasteiger partial charge in [-0.05, 0) is 26.0 Å². The molecule has 19 heavy (non-hydrogen) atoms. The topological polar surface area (TPSA) is 70.7 Å². The second-order valence-corrected chi connectivity index (χ2v) is 5.71. The molecule has 6 nitrogen and oxygen atoms in total. The Kier molecular flexibility index (Phi) is 4.39. The Labute approximate surface area is 115 Å². The Morgan fingerprint density at radius 3 is 2.84 bits per heavy atom. The van der Waals surface area contributed by atoms with Crippen LogP contribution in [0.2, 0.25) is 0 Å². The highest BCUT2D eigenvalue weighted by molar-refractivity contribution is 7.13. The van der Waals surface area contributed by atoms with Crippen molar-refractivity contribution in [2.45, 2.75) is 20.0 Å². The Morgan fingerprint density at radius 2 is 2.21 bits per heavy atom. The Balaban J connectivity index is 1.81. The lowest BCUT2D eigenvalue weighted by Gasteiger charge is -2.31. The van der Waals surface area contributed by atoms with Crippen LogP contribution in [0.3, 0.4) is 0 Å². The molecule has 2 heterocycles. The van der Waals surface area contributed by atoms with Gasteiger partial charge < -0.3 is 9.64 Å². The number of nitrogens with zero attached hydrogens (tertiary/aromatic N) is 1. The van der Waals surface area contributed by atoms with E-state index in [0.717, 1.165) is 4.88 Å². The van der Waals surface area contributed by atoms with E-state index in [1.54, 1.807) is 11.0 Å². The Bertz CT molecular complexity index is 475. The van der Waals surface area contributed by atoms with Crippen molar-refractivity contribution in [3.05, 3.63) is 21.9 Å². The van der Waals surface area contributed by atoms with E-state index < -0.39 is 0 Å². The summed E-state index contributed by atoms with van der Waals surface area (Å²) in [5, 5.41) is 0. The van der Waals surface area contributed by atoms with Gasteiger partial charge in [-0.15, -0.1) is 11.3 Å². The van der Waals surface area contributed by atoms with E-state index in [-0.39, 0.29) is 18.0 Å². The molecule has 1 aromatic heterocycles. The van der Waals surface area contributed by atoms with Gasteiger partial charge in [-0.3, -0.25) is 10.2 Å². The normalized spacial score (nSPS) is 19.1. The standard InChI is InChI=1S/C12H17N3O3S/c1-8-7-15(5-6-18-8)12(17)14-13-11(16)10-4-3-9(2)19-10/h3-4,8H,5-7H2,1-2H3,(H,13,16)(H,14,17). The van der Waals surface area contributed by atoms with E-state index in [4.69, 9.17) is 4.74 Å². The number of carbonyl (C=O) groups is 2. The summed E-state index contributed by atoms with van der Waals surface area (Å²) in [4.78, 5) is 26.8. The summed E-state index contributed by atoms with van der Waals surface area (Å²) in [5.41, 5.74) is 4.83. The van der Waals surface area contributed by atoms with Crippen LogP contribution in [-0.2, 0) is 4.74 Å². The zero-order valence-corrected chi connectivity index (χ0v) is 11.8. The number of urea groups is 1. The van der Waals surface area contributed by atoms with Gasteiger partial charge in [-0.25, -0.2) is 10.2 Å². The monoisotopic (exact) mass is 283 g/mol. The van der Waals surface area contributed by atoms with Crippen LogP contribution in [0, 0.1) is 6.92 Å². The number of amides is 3. The van der Waals surface area contributed by atoms with E-state index in [0.29, 0.717) is 24.6 Å². The van der Waals surface area contributed by atoms with Crippen molar-refractivity contribution in [2.75, 3.05) is 19.7 Å². The average Bonchev–Trinajstić information content (AvgIpc) is 2.82. The molecule has 2 N–H and O–H groups in total. The van der Waals surface area contributed by atoms with Gasteiger partial charge in [0.05, 0.1) is 17.6 Å². The van der Waals surface area contributed by atoms with Crippen molar-refractivity contribution >= 4 is 23.3 Å². The number of hydrazine groups is 1. The van der Waals surface area contributed by atoms with Crippen molar-refractivity contribution in [1.29, 1.82) is 0 Å². The van der Waals surface area contributed by atoms with Crippen molar-refractivity contribution in [2.24, 2.45) is 0 Å². The van der Waals surface area contributed by atoms with Crippen LogP contribution in [0.5, 0.6) is 0 Å². The largest absolute Gasteiger partial charge is 0.375 e. The van der Waals surface area contributed by atoms with E-state index in [1.807, 2.05) is 19.9 Å². The summed E-state index contributed by atoms with van der Waals surface area (Å²) >= 11 is 1.39. The predicted octanol–water partition coefficient (Wildman–Crippen LogP) is 1.13. The summed E-state index contributed by atoms with van der Waals surface area (Å²) in [6.45, 7) is 5.41. The zero-order chi connectivity index (χ0) is 13.8. The highest BCUT2D eigenvalue weighted by Gasteiger charge is 2.21. The molecule has 0 bridgehead atoms. The van der Waals surface area contributed by atoms with Gasteiger partial charge in [-0.2, -0.15) is 0 Å². The molecule has 7 heteroatoms. The molecule has 3 amide bonds. The van der Waals surface area contributed by atoms with Crippen molar-refractivity contribution in [3.8, 4) is 0 Å². The third-order valence-corrected chi connectivity index (χ3v) is 3.77. The number of morpholine rings is 1. The molecule has 104 valence electrons. The average molecular weight is 283 g/mol. The van der Waals surface area contributed by atoms with Crippen molar-refractivity contribution in [1.82, 2.24) is 15.8 Å². The molecule has 1 aliphatic rings. The molecule has 1 saturated heterocycles. The minimum Gasteiger partial charge on any atom is -0.375 e. The summed E-state index contributed by atoms with van der Waals surface area (Å²) in [6, 6.07) is 3.29. The second-order valence-electron chi connectivity index (χ2n) is 4.42. The molecule has 0 radical (unpaired) electrons. The highest BCUT2D eigenvalue weighted by atomic mass is 32.1. The molecule has 2 rings (SSSR count). The van der Waals surface area contributed by atoms with Gasteiger partial charge in [0.15, 0.2) is 0 Å². The fraction of sp³-hybridized carbons (Fsp3) is 0.500. The van der Waals surface area contributed by atoms with E-state index in [2.05, 4.69) is 10.9 Å². The maximum Gasteiger partial charge on any atom is 0.336 e. The van der Waals surface area contributed by atoms with Gasteiger partial charge in [0.1, 0.15) is 0 Å². The molecule has 0 saturated carbocycles. The Hall–Kier alpha value is -1.60. The fourth-order valence-electron chi connectivity index (χ4n) is 1.81. The first-order valence-corrected chi connectivity index (χ1v) is 6.91. The molecule has 0 aromatic carbocycles. The second kappa shape index (κ2) is 6.03. The summed E-state index contributed by atoms with van der Waals surface area (Å²) in [5.74, 6) is -0.298. The zero-order valence-electron chi connectivity index (χ0n) is 10.9. The molecule has 0 spiro atoms. The lowest BCUT2D eigenvalue weighted by Crippen LogP contribution is -2.53. The molecule has 1 fully saturated rings. The first kappa shape index (κ1) is 13.8. The number of thiophene rings is 1. The van der Waals surface area contributed by atoms with E-state index in [9.17, 15) is 9.59 Å². The first-order valence-electron chi connectivity index (χ1n) is 6.09. The molecule has 1 unspecified atom stereocenters. The summed E-state index contributed by atoms with van der Waals surface area (Å²) < 4.78 is 5.35. The van der Waals surface area contributed by atoms with Gasteiger partial charge in [0.25, 0.3) is 5.91 Å². The van der Waals surface area contributed by atoms with Gasteiger partial charge in [0, 0.05) is 18.0 Å². The van der Waals surface area contributed by atoms with E-state index >= 15 is 0 Å². The summed E-state index contributed by atoms with van der Waals surface area (Å²) in [7, 11) is 0. The highest BCUT2D eigenvalue weighted by Crippen LogP contribution is 2.14. The van der Waals surface area contributed by atoms with Crippen LogP contribution in [-0.4, -0.2) is 42.6 Å². The van der Waals surface area contributed by atoms with Gasteiger partial charge >= 0.3 is 6.03 Å². The minimum absolute atomic E-state index is 0.0233. The van der Waals surface area contributed by atoms with Gasteiger partial charge in [0.2, 0.25) is 0 Å². The minimum atomic E-state index is -0.309. The molecule has 1 aliphatic heterocycles. The van der Waals surface area contributed by atoms with Crippen LogP contribution >= 0.6 is 11.3 Å². The third-order valence-electron chi connectivity index (χ3n) is 2.78. The number of hydrogen-bond acceptors (Lipinski definition) is 4. The predicted molar refractivity (Wildman–Crippen MR) is 72.0 cm³/mol. The SMILES string of the molecule is Cc1ccc(C(=O)NNC(=O)N2CCOC(C)C2)s1. The van der Waals surface area contributed by atoms with Crippen LogP contribution in [0.15, 0.2) is 12.1 Å². The number of ether oxygens (including phenoxy) is 1.